The van der Waals surface area contributed by atoms with Gasteiger partial charge >= 0.3 is 0 Å². The predicted molar refractivity (Wildman–Crippen MR) is 85.1 cm³/mol. The Bertz CT molecular complexity index is 755. The number of halogens is 2. The van der Waals surface area contributed by atoms with Crippen LogP contribution in [0.4, 0.5) is 4.39 Å². The molecule has 0 N–H and O–H groups in total. The summed E-state index contributed by atoms with van der Waals surface area (Å²) in [6.07, 6.45) is 3.77. The minimum Gasteiger partial charge on any atom is -0.339 e. The summed E-state index contributed by atoms with van der Waals surface area (Å²) >= 11 is 6.03. The molecule has 0 unspecified atom stereocenters. The first-order valence-electron chi connectivity index (χ1n) is 8.19. The molecule has 7 heteroatoms. The standard InChI is InChI=1S/C17H17ClFN3O2/c18-12-3-1-4-13(19)11(12)9-15(23)22-8-2-5-14(22)16-20-17(24-21-16)10-6-7-10/h1,3-4,10,14H,2,5-9H2/t14-/m1/s1. The highest BCUT2D eigenvalue weighted by molar-refractivity contribution is 6.31. The lowest BCUT2D eigenvalue weighted by Crippen LogP contribution is -2.32. The van der Waals surface area contributed by atoms with Crippen LogP contribution in [0.15, 0.2) is 22.7 Å². The van der Waals surface area contributed by atoms with Crippen molar-refractivity contribution < 1.29 is 13.7 Å². The van der Waals surface area contributed by atoms with Gasteiger partial charge in [-0.2, -0.15) is 4.98 Å². The molecule has 2 fully saturated rings. The Balaban J connectivity index is 1.52. The zero-order valence-corrected chi connectivity index (χ0v) is 13.8. The summed E-state index contributed by atoms with van der Waals surface area (Å²) in [7, 11) is 0. The van der Waals surface area contributed by atoms with Crippen LogP contribution in [0.2, 0.25) is 5.02 Å². The zero-order valence-electron chi connectivity index (χ0n) is 13.0. The largest absolute Gasteiger partial charge is 0.339 e. The normalized spacial score (nSPS) is 20.6. The van der Waals surface area contributed by atoms with Gasteiger partial charge in [0.25, 0.3) is 0 Å². The summed E-state index contributed by atoms with van der Waals surface area (Å²) in [5.74, 6) is 0.988. The van der Waals surface area contributed by atoms with Crippen LogP contribution in [0.1, 0.15) is 54.9 Å². The second-order valence-corrected chi connectivity index (χ2v) is 6.79. The third-order valence-electron chi connectivity index (χ3n) is 4.64. The zero-order chi connectivity index (χ0) is 16.7. The summed E-state index contributed by atoms with van der Waals surface area (Å²) in [4.78, 5) is 18.8. The minimum atomic E-state index is -0.456. The van der Waals surface area contributed by atoms with Crippen molar-refractivity contribution in [2.45, 2.75) is 44.1 Å². The van der Waals surface area contributed by atoms with E-state index in [0.717, 1.165) is 25.7 Å². The molecule has 0 bridgehead atoms. The van der Waals surface area contributed by atoms with E-state index in [1.165, 1.54) is 12.1 Å². The molecule has 1 aromatic heterocycles. The van der Waals surface area contributed by atoms with Crippen LogP contribution in [0.25, 0.3) is 0 Å². The minimum absolute atomic E-state index is 0.0602. The first-order valence-corrected chi connectivity index (χ1v) is 8.57. The van der Waals surface area contributed by atoms with Gasteiger partial charge in [-0.15, -0.1) is 0 Å². The van der Waals surface area contributed by atoms with E-state index >= 15 is 0 Å². The number of benzene rings is 1. The Kier molecular flexibility index (Phi) is 4.00. The molecule has 1 saturated carbocycles. The molecule has 1 aromatic carbocycles. The molecule has 1 saturated heterocycles. The van der Waals surface area contributed by atoms with Gasteiger partial charge in [0.1, 0.15) is 5.82 Å². The Morgan fingerprint density at radius 3 is 2.96 bits per heavy atom. The molecule has 2 aliphatic rings. The Morgan fingerprint density at radius 2 is 2.21 bits per heavy atom. The molecule has 5 nitrogen and oxygen atoms in total. The van der Waals surface area contributed by atoms with Crippen molar-refractivity contribution >= 4 is 17.5 Å². The number of hydrogen-bond donors (Lipinski definition) is 0. The number of rotatable bonds is 4. The third-order valence-corrected chi connectivity index (χ3v) is 5.00. The summed E-state index contributed by atoms with van der Waals surface area (Å²) < 4.78 is 19.2. The van der Waals surface area contributed by atoms with Gasteiger partial charge in [0, 0.05) is 23.0 Å². The van der Waals surface area contributed by atoms with Gasteiger partial charge < -0.3 is 9.42 Å². The molecule has 1 aliphatic heterocycles. The maximum atomic E-state index is 13.9. The van der Waals surface area contributed by atoms with Gasteiger partial charge in [0.15, 0.2) is 5.82 Å². The van der Waals surface area contributed by atoms with Crippen LogP contribution in [-0.2, 0) is 11.2 Å². The highest BCUT2D eigenvalue weighted by Gasteiger charge is 2.36. The van der Waals surface area contributed by atoms with Crippen LogP contribution < -0.4 is 0 Å². The number of hydrogen-bond acceptors (Lipinski definition) is 4. The summed E-state index contributed by atoms with van der Waals surface area (Å²) in [5.41, 5.74) is 0.238. The fraction of sp³-hybridized carbons (Fsp3) is 0.471. The average Bonchev–Trinajstić information content (AvgIpc) is 3.10. The number of aromatic nitrogens is 2. The van der Waals surface area contributed by atoms with Crippen molar-refractivity contribution in [1.29, 1.82) is 0 Å². The number of carbonyl (C=O) groups is 1. The van der Waals surface area contributed by atoms with E-state index in [9.17, 15) is 9.18 Å². The third kappa shape index (κ3) is 2.90. The van der Waals surface area contributed by atoms with E-state index in [2.05, 4.69) is 10.1 Å². The molecular weight excluding hydrogens is 333 g/mol. The fourth-order valence-corrected chi connectivity index (χ4v) is 3.40. The van der Waals surface area contributed by atoms with Gasteiger partial charge in [-0.3, -0.25) is 4.79 Å². The monoisotopic (exact) mass is 349 g/mol. The summed E-state index contributed by atoms with van der Waals surface area (Å²) in [5, 5.41) is 4.33. The molecule has 1 aliphatic carbocycles. The molecule has 1 amide bonds. The fourth-order valence-electron chi connectivity index (χ4n) is 3.17. The molecule has 24 heavy (non-hydrogen) atoms. The summed E-state index contributed by atoms with van der Waals surface area (Å²) in [6, 6.07) is 4.25. The van der Waals surface area contributed by atoms with Crippen LogP contribution in [0, 0.1) is 5.82 Å². The van der Waals surface area contributed by atoms with Gasteiger partial charge in [0.05, 0.1) is 12.5 Å². The van der Waals surface area contributed by atoms with E-state index in [1.54, 1.807) is 11.0 Å². The van der Waals surface area contributed by atoms with Crippen molar-refractivity contribution in [3.8, 4) is 0 Å². The second kappa shape index (κ2) is 6.16. The maximum Gasteiger partial charge on any atom is 0.229 e. The van der Waals surface area contributed by atoms with E-state index in [0.29, 0.717) is 24.2 Å². The number of likely N-dealkylation sites (tertiary alicyclic amines) is 1. The van der Waals surface area contributed by atoms with Crippen molar-refractivity contribution in [2.24, 2.45) is 0 Å². The molecule has 126 valence electrons. The molecule has 0 spiro atoms. The van der Waals surface area contributed by atoms with Crippen LogP contribution in [-0.4, -0.2) is 27.5 Å². The smallest absolute Gasteiger partial charge is 0.229 e. The van der Waals surface area contributed by atoms with Crippen molar-refractivity contribution in [3.63, 3.8) is 0 Å². The van der Waals surface area contributed by atoms with Gasteiger partial charge in [-0.25, -0.2) is 4.39 Å². The first kappa shape index (κ1) is 15.6. The molecule has 1 atom stereocenters. The molecule has 2 aromatic rings. The molecule has 0 radical (unpaired) electrons. The average molecular weight is 350 g/mol. The highest BCUT2D eigenvalue weighted by Crippen LogP contribution is 2.40. The maximum absolute atomic E-state index is 13.9. The van der Waals surface area contributed by atoms with E-state index in [1.807, 2.05) is 0 Å². The van der Waals surface area contributed by atoms with Gasteiger partial charge in [0.2, 0.25) is 11.8 Å². The summed E-state index contributed by atoms with van der Waals surface area (Å²) in [6.45, 7) is 0.614. The molecular formula is C17H17ClFN3O2. The molecule has 2 heterocycles. The van der Waals surface area contributed by atoms with Crippen molar-refractivity contribution in [2.75, 3.05) is 6.54 Å². The van der Waals surface area contributed by atoms with Crippen molar-refractivity contribution in [1.82, 2.24) is 15.0 Å². The number of amides is 1. The Hall–Kier alpha value is -1.95. The van der Waals surface area contributed by atoms with E-state index in [-0.39, 0.29) is 29.0 Å². The van der Waals surface area contributed by atoms with Gasteiger partial charge in [-0.1, -0.05) is 22.8 Å². The lowest BCUT2D eigenvalue weighted by molar-refractivity contribution is -0.131. The lowest BCUT2D eigenvalue weighted by atomic mass is 10.1. The Morgan fingerprint density at radius 1 is 1.38 bits per heavy atom. The van der Waals surface area contributed by atoms with E-state index < -0.39 is 5.82 Å². The van der Waals surface area contributed by atoms with Crippen LogP contribution >= 0.6 is 11.6 Å². The number of nitrogens with zero attached hydrogens (tertiary/aromatic N) is 3. The van der Waals surface area contributed by atoms with E-state index in [4.69, 9.17) is 16.1 Å². The van der Waals surface area contributed by atoms with Crippen LogP contribution in [0.3, 0.4) is 0 Å². The first-order chi connectivity index (χ1) is 11.6. The lowest BCUT2D eigenvalue weighted by Gasteiger charge is -2.22. The Labute approximate surface area is 143 Å². The second-order valence-electron chi connectivity index (χ2n) is 6.39. The highest BCUT2D eigenvalue weighted by atomic mass is 35.5. The topological polar surface area (TPSA) is 59.2 Å². The van der Waals surface area contributed by atoms with Crippen LogP contribution in [0.5, 0.6) is 0 Å². The van der Waals surface area contributed by atoms with Crippen molar-refractivity contribution in [3.05, 3.63) is 46.3 Å². The quantitative estimate of drug-likeness (QED) is 0.845. The number of carbonyl (C=O) groups excluding carboxylic acids is 1. The van der Waals surface area contributed by atoms with Gasteiger partial charge in [-0.05, 0) is 37.8 Å². The SMILES string of the molecule is O=C(Cc1c(F)cccc1Cl)N1CCC[C@@H]1c1noc(C2CC2)n1. The molecule has 4 rings (SSSR count). The predicted octanol–water partition coefficient (Wildman–Crippen LogP) is 3.65.